The van der Waals surface area contributed by atoms with Crippen molar-refractivity contribution < 1.29 is 4.79 Å². The second kappa shape index (κ2) is 6.27. The van der Waals surface area contributed by atoms with E-state index >= 15 is 0 Å². The summed E-state index contributed by atoms with van der Waals surface area (Å²) < 4.78 is 0. The number of aryl methyl sites for hydroxylation is 1. The number of anilines is 2. The van der Waals surface area contributed by atoms with Crippen LogP contribution < -0.4 is 11.1 Å². The fourth-order valence-corrected chi connectivity index (χ4v) is 2.06. The lowest BCUT2D eigenvalue weighted by molar-refractivity contribution is -0.117. The fraction of sp³-hybridized carbons (Fsp3) is 0.125. The number of hydrogen-bond donors (Lipinski definition) is 2. The average Bonchev–Trinajstić information content (AvgIpc) is 3.00. The summed E-state index contributed by atoms with van der Waals surface area (Å²) in [5.41, 5.74) is 8.92. The number of benzene rings is 2. The van der Waals surface area contributed by atoms with Crippen LogP contribution in [0.1, 0.15) is 5.56 Å². The minimum absolute atomic E-state index is 0.0202. The number of nitrogens with zero attached hydrogens (tertiary/aromatic N) is 4. The molecule has 3 rings (SSSR count). The summed E-state index contributed by atoms with van der Waals surface area (Å²) in [6.45, 7) is 1.89. The van der Waals surface area contributed by atoms with E-state index in [2.05, 4.69) is 20.7 Å². The van der Waals surface area contributed by atoms with E-state index in [1.54, 1.807) is 12.1 Å². The Kier molecular flexibility index (Phi) is 4.01. The highest BCUT2D eigenvalue weighted by molar-refractivity contribution is 5.91. The molecule has 0 radical (unpaired) electrons. The SMILES string of the molecule is Cc1ccc(NC(=O)Cn2nnc(-c3ccccc3)n2)cc1N. The third kappa shape index (κ3) is 3.52. The Bertz CT molecular complexity index is 828. The van der Waals surface area contributed by atoms with Gasteiger partial charge in [0.1, 0.15) is 6.54 Å². The molecule has 0 saturated carbocycles. The molecule has 23 heavy (non-hydrogen) atoms. The number of rotatable bonds is 4. The summed E-state index contributed by atoms with van der Waals surface area (Å²) in [6.07, 6.45) is 0. The van der Waals surface area contributed by atoms with Gasteiger partial charge in [0.2, 0.25) is 11.7 Å². The monoisotopic (exact) mass is 308 g/mol. The van der Waals surface area contributed by atoms with Gasteiger partial charge in [0.15, 0.2) is 0 Å². The minimum atomic E-state index is -0.245. The van der Waals surface area contributed by atoms with Gasteiger partial charge in [-0.3, -0.25) is 4.79 Å². The predicted octanol–water partition coefficient (Wildman–Crippen LogP) is 1.87. The number of carbonyl (C=O) groups is 1. The topological polar surface area (TPSA) is 98.7 Å². The normalized spacial score (nSPS) is 10.5. The first-order valence-corrected chi connectivity index (χ1v) is 7.11. The van der Waals surface area contributed by atoms with E-state index in [1.807, 2.05) is 43.3 Å². The summed E-state index contributed by atoms with van der Waals surface area (Å²) in [4.78, 5) is 13.3. The highest BCUT2D eigenvalue weighted by Gasteiger charge is 2.09. The smallest absolute Gasteiger partial charge is 0.248 e. The molecule has 3 aromatic rings. The highest BCUT2D eigenvalue weighted by Crippen LogP contribution is 2.17. The zero-order chi connectivity index (χ0) is 16.2. The lowest BCUT2D eigenvalue weighted by Gasteiger charge is -2.06. The largest absolute Gasteiger partial charge is 0.398 e. The number of nitrogens with two attached hydrogens (primary N) is 1. The Morgan fingerprint density at radius 2 is 2.00 bits per heavy atom. The summed E-state index contributed by atoms with van der Waals surface area (Å²) in [6, 6.07) is 14.8. The summed E-state index contributed by atoms with van der Waals surface area (Å²) in [5, 5.41) is 14.8. The Morgan fingerprint density at radius 1 is 1.22 bits per heavy atom. The number of aromatic nitrogens is 4. The molecule has 0 saturated heterocycles. The summed E-state index contributed by atoms with van der Waals surface area (Å²) in [7, 11) is 0. The molecular weight excluding hydrogens is 292 g/mol. The van der Waals surface area contributed by atoms with Crippen LogP contribution in [0.3, 0.4) is 0 Å². The summed E-state index contributed by atoms with van der Waals surface area (Å²) in [5.74, 6) is 0.239. The van der Waals surface area contributed by atoms with Crippen LogP contribution in [-0.4, -0.2) is 26.1 Å². The Hall–Kier alpha value is -3.22. The van der Waals surface area contributed by atoms with Gasteiger partial charge in [0.05, 0.1) is 0 Å². The molecule has 1 amide bonds. The van der Waals surface area contributed by atoms with E-state index in [1.165, 1.54) is 4.80 Å². The standard InChI is InChI=1S/C16H16N6O/c1-11-7-8-13(9-14(11)17)18-15(23)10-22-20-16(19-21-22)12-5-3-2-4-6-12/h2-9H,10,17H2,1H3,(H,18,23). The highest BCUT2D eigenvalue weighted by atomic mass is 16.2. The van der Waals surface area contributed by atoms with Crippen LogP contribution in [0.2, 0.25) is 0 Å². The van der Waals surface area contributed by atoms with Crippen LogP contribution in [0.5, 0.6) is 0 Å². The maximum Gasteiger partial charge on any atom is 0.248 e. The molecular formula is C16H16N6O. The van der Waals surface area contributed by atoms with Crippen molar-refractivity contribution >= 4 is 17.3 Å². The molecule has 0 fully saturated rings. The third-order valence-corrected chi connectivity index (χ3v) is 3.33. The van der Waals surface area contributed by atoms with Crippen molar-refractivity contribution in [1.29, 1.82) is 0 Å². The van der Waals surface area contributed by atoms with Crippen LogP contribution in [0.25, 0.3) is 11.4 Å². The molecule has 1 aromatic heterocycles. The van der Waals surface area contributed by atoms with Crippen molar-refractivity contribution in [1.82, 2.24) is 20.2 Å². The van der Waals surface area contributed by atoms with Crippen LogP contribution in [0.4, 0.5) is 11.4 Å². The van der Waals surface area contributed by atoms with Crippen molar-refractivity contribution in [2.75, 3.05) is 11.1 Å². The van der Waals surface area contributed by atoms with Crippen LogP contribution >= 0.6 is 0 Å². The Labute approximate surface area is 133 Å². The maximum atomic E-state index is 12.0. The van der Waals surface area contributed by atoms with E-state index in [4.69, 9.17) is 5.73 Å². The third-order valence-electron chi connectivity index (χ3n) is 3.33. The Balaban J connectivity index is 1.66. The molecule has 0 aliphatic carbocycles. The second-order valence-electron chi connectivity index (χ2n) is 5.13. The van der Waals surface area contributed by atoms with Gasteiger partial charge in [-0.25, -0.2) is 0 Å². The molecule has 3 N–H and O–H groups in total. The first-order valence-electron chi connectivity index (χ1n) is 7.11. The van der Waals surface area contributed by atoms with Gasteiger partial charge in [-0.15, -0.1) is 10.2 Å². The number of nitrogen functional groups attached to an aromatic ring is 1. The van der Waals surface area contributed by atoms with Crippen molar-refractivity contribution in [3.05, 3.63) is 54.1 Å². The van der Waals surface area contributed by atoms with E-state index in [0.717, 1.165) is 11.1 Å². The van der Waals surface area contributed by atoms with Crippen molar-refractivity contribution in [2.45, 2.75) is 13.5 Å². The zero-order valence-electron chi connectivity index (χ0n) is 12.6. The van der Waals surface area contributed by atoms with E-state index in [0.29, 0.717) is 17.2 Å². The molecule has 116 valence electrons. The molecule has 0 aliphatic heterocycles. The molecule has 0 bridgehead atoms. The van der Waals surface area contributed by atoms with Crippen LogP contribution in [0.15, 0.2) is 48.5 Å². The molecule has 0 spiro atoms. The molecule has 0 unspecified atom stereocenters. The number of carbonyl (C=O) groups excluding carboxylic acids is 1. The first kappa shape index (κ1) is 14.7. The first-order chi connectivity index (χ1) is 11.1. The molecule has 7 nitrogen and oxygen atoms in total. The lowest BCUT2D eigenvalue weighted by Crippen LogP contribution is -2.20. The van der Waals surface area contributed by atoms with Gasteiger partial charge in [-0.2, -0.15) is 4.80 Å². The lowest BCUT2D eigenvalue weighted by atomic mass is 10.2. The van der Waals surface area contributed by atoms with Crippen molar-refractivity contribution in [2.24, 2.45) is 0 Å². The molecule has 0 atom stereocenters. The maximum absolute atomic E-state index is 12.0. The van der Waals surface area contributed by atoms with Crippen molar-refractivity contribution in [3.8, 4) is 11.4 Å². The van der Waals surface area contributed by atoms with E-state index < -0.39 is 0 Å². The van der Waals surface area contributed by atoms with Gasteiger partial charge in [-0.1, -0.05) is 36.4 Å². The predicted molar refractivity (Wildman–Crippen MR) is 87.5 cm³/mol. The molecule has 2 aromatic carbocycles. The number of amides is 1. The van der Waals surface area contributed by atoms with Crippen LogP contribution in [-0.2, 0) is 11.3 Å². The van der Waals surface area contributed by atoms with E-state index in [9.17, 15) is 4.79 Å². The number of tetrazole rings is 1. The van der Waals surface area contributed by atoms with Gasteiger partial charge in [0.25, 0.3) is 0 Å². The van der Waals surface area contributed by atoms with Gasteiger partial charge < -0.3 is 11.1 Å². The number of nitrogens with one attached hydrogen (secondary N) is 1. The van der Waals surface area contributed by atoms with Crippen LogP contribution in [0, 0.1) is 6.92 Å². The van der Waals surface area contributed by atoms with Crippen molar-refractivity contribution in [3.63, 3.8) is 0 Å². The average molecular weight is 308 g/mol. The second-order valence-corrected chi connectivity index (χ2v) is 5.13. The van der Waals surface area contributed by atoms with Gasteiger partial charge >= 0.3 is 0 Å². The quantitative estimate of drug-likeness (QED) is 0.717. The van der Waals surface area contributed by atoms with E-state index in [-0.39, 0.29) is 12.5 Å². The minimum Gasteiger partial charge on any atom is -0.398 e. The van der Waals surface area contributed by atoms with Gasteiger partial charge in [-0.05, 0) is 29.8 Å². The molecule has 1 heterocycles. The zero-order valence-corrected chi connectivity index (χ0v) is 12.6. The summed E-state index contributed by atoms with van der Waals surface area (Å²) >= 11 is 0. The molecule has 7 heteroatoms. The fourth-order valence-electron chi connectivity index (χ4n) is 2.06. The number of hydrogen-bond acceptors (Lipinski definition) is 5. The van der Waals surface area contributed by atoms with Gasteiger partial charge in [0, 0.05) is 16.9 Å². The Morgan fingerprint density at radius 3 is 2.74 bits per heavy atom. The molecule has 0 aliphatic rings.